The molecule has 29 heavy (non-hydrogen) atoms. The maximum Gasteiger partial charge on any atom is 0.150 e. The first-order valence-corrected chi connectivity index (χ1v) is 12.0. The maximum atomic E-state index is 4.14. The Morgan fingerprint density at radius 3 is 1.59 bits per heavy atom. The number of unbranched alkanes of at least 4 members (excludes halogenated alkanes) is 1. The second-order valence-corrected chi connectivity index (χ2v) is 10.8. The smallest absolute Gasteiger partial charge is 0.150 e. The van der Waals surface area contributed by atoms with Gasteiger partial charge in [0.25, 0.3) is 0 Å². The van der Waals surface area contributed by atoms with E-state index in [-0.39, 0.29) is 0 Å². The van der Waals surface area contributed by atoms with Crippen molar-refractivity contribution in [3.05, 3.63) is 96.8 Å². The van der Waals surface area contributed by atoms with Crippen molar-refractivity contribution >= 4 is 23.2 Å². The lowest BCUT2D eigenvalue weighted by molar-refractivity contribution is 0.654. The highest BCUT2D eigenvalue weighted by molar-refractivity contribution is 7.95. The summed E-state index contributed by atoms with van der Waals surface area (Å²) in [5.41, 5.74) is 0. The number of nitrogens with zero attached hydrogens (tertiary/aromatic N) is 4. The molecule has 4 nitrogen and oxygen atoms in total. The van der Waals surface area contributed by atoms with Crippen LogP contribution in [-0.2, 0) is 13.5 Å². The first-order chi connectivity index (χ1) is 14.3. The lowest BCUT2D eigenvalue weighted by Gasteiger charge is -2.27. The van der Waals surface area contributed by atoms with E-state index >= 15 is 0 Å². The molecule has 0 spiro atoms. The van der Waals surface area contributed by atoms with Crippen LogP contribution in [0.2, 0.25) is 0 Å². The number of benzene rings is 3. The van der Waals surface area contributed by atoms with Crippen molar-refractivity contribution in [3.8, 4) is 0 Å². The zero-order valence-electron chi connectivity index (χ0n) is 16.7. The van der Waals surface area contributed by atoms with E-state index in [9.17, 15) is 0 Å². The van der Waals surface area contributed by atoms with Gasteiger partial charge in [-0.25, -0.2) is 4.68 Å². The van der Waals surface area contributed by atoms with Crippen LogP contribution in [0, 0.1) is 0 Å². The van der Waals surface area contributed by atoms with Crippen LogP contribution in [0.3, 0.4) is 0 Å². The molecule has 0 unspecified atom stereocenters. The summed E-state index contributed by atoms with van der Waals surface area (Å²) in [4.78, 5) is 0. The molecule has 0 aliphatic rings. The summed E-state index contributed by atoms with van der Waals surface area (Å²) in [5, 5.41) is 16.2. The van der Waals surface area contributed by atoms with Crippen LogP contribution in [0.1, 0.15) is 18.7 Å². The topological polar surface area (TPSA) is 43.6 Å². The van der Waals surface area contributed by atoms with Crippen molar-refractivity contribution < 1.29 is 0 Å². The van der Waals surface area contributed by atoms with Crippen LogP contribution in [0.25, 0.3) is 0 Å². The number of hydrogen-bond donors (Lipinski definition) is 0. The standard InChI is InChI=1S/C24H26N4P/c1-28-24(25-26-27-28)19-11-12-20-29(21-13-5-2-6-14-21,22-15-7-3-8-16-22)23-17-9-4-10-18-23/h2-10,13-18H,11-12,19-20H2,1H3/q+1. The van der Waals surface area contributed by atoms with E-state index in [4.69, 9.17) is 0 Å². The van der Waals surface area contributed by atoms with Gasteiger partial charge in [-0.15, -0.1) is 5.10 Å². The lowest BCUT2D eigenvalue weighted by Crippen LogP contribution is -2.33. The summed E-state index contributed by atoms with van der Waals surface area (Å²) in [7, 11) is 0.177. The molecule has 0 amide bonds. The van der Waals surface area contributed by atoms with Gasteiger partial charge in [0.2, 0.25) is 0 Å². The number of tetrazole rings is 1. The largest absolute Gasteiger partial charge is 0.233 e. The fourth-order valence-electron chi connectivity index (χ4n) is 3.97. The van der Waals surface area contributed by atoms with Gasteiger partial charge in [-0.3, -0.25) is 0 Å². The molecule has 1 heterocycles. The third kappa shape index (κ3) is 4.13. The van der Waals surface area contributed by atoms with Crippen LogP contribution in [0.15, 0.2) is 91.0 Å². The predicted octanol–water partition coefficient (Wildman–Crippen LogP) is 3.53. The first-order valence-electron chi connectivity index (χ1n) is 10.1. The average Bonchev–Trinajstić information content (AvgIpc) is 3.20. The molecule has 0 aliphatic carbocycles. The summed E-state index contributed by atoms with van der Waals surface area (Å²) < 4.78 is 1.77. The Hall–Kier alpha value is -2.84. The van der Waals surface area contributed by atoms with Crippen molar-refractivity contribution in [2.75, 3.05) is 6.16 Å². The van der Waals surface area contributed by atoms with Gasteiger partial charge in [0.15, 0.2) is 5.82 Å². The molecular weight excluding hydrogens is 375 g/mol. The van der Waals surface area contributed by atoms with Crippen LogP contribution < -0.4 is 15.9 Å². The van der Waals surface area contributed by atoms with Gasteiger partial charge < -0.3 is 0 Å². The Bertz CT molecular complexity index is 920. The van der Waals surface area contributed by atoms with Gasteiger partial charge >= 0.3 is 0 Å². The molecule has 0 saturated heterocycles. The number of rotatable bonds is 8. The number of aryl methyl sites for hydroxylation is 2. The number of aromatic nitrogens is 4. The van der Waals surface area contributed by atoms with Crippen LogP contribution >= 0.6 is 7.26 Å². The van der Waals surface area contributed by atoms with E-state index in [1.165, 1.54) is 15.9 Å². The summed E-state index contributed by atoms with van der Waals surface area (Å²) in [6.45, 7) is 0. The molecule has 1 aromatic heterocycles. The first kappa shape index (κ1) is 19.5. The highest BCUT2D eigenvalue weighted by Crippen LogP contribution is 2.55. The van der Waals surface area contributed by atoms with Gasteiger partial charge in [-0.2, -0.15) is 0 Å². The predicted molar refractivity (Wildman–Crippen MR) is 122 cm³/mol. The van der Waals surface area contributed by atoms with Gasteiger partial charge in [0.1, 0.15) is 23.2 Å². The van der Waals surface area contributed by atoms with E-state index in [0.717, 1.165) is 31.2 Å². The van der Waals surface area contributed by atoms with Gasteiger partial charge in [0, 0.05) is 13.5 Å². The molecule has 146 valence electrons. The minimum Gasteiger partial charge on any atom is -0.233 e. The van der Waals surface area contributed by atoms with Crippen molar-refractivity contribution in [3.63, 3.8) is 0 Å². The highest BCUT2D eigenvalue weighted by atomic mass is 31.2. The zero-order valence-corrected chi connectivity index (χ0v) is 17.6. The van der Waals surface area contributed by atoms with Gasteiger partial charge in [0.05, 0.1) is 6.16 Å². The second kappa shape index (κ2) is 9.11. The van der Waals surface area contributed by atoms with Crippen LogP contribution in [0.4, 0.5) is 0 Å². The molecule has 0 aliphatic heterocycles. The summed E-state index contributed by atoms with van der Waals surface area (Å²) >= 11 is 0. The molecule has 0 saturated carbocycles. The summed E-state index contributed by atoms with van der Waals surface area (Å²) in [5.74, 6) is 0.952. The quantitative estimate of drug-likeness (QED) is 0.335. The summed E-state index contributed by atoms with van der Waals surface area (Å²) in [6.07, 6.45) is 4.24. The van der Waals surface area contributed by atoms with Crippen LogP contribution in [0.5, 0.6) is 0 Å². The molecule has 4 aromatic rings. The highest BCUT2D eigenvalue weighted by Gasteiger charge is 2.44. The molecule has 0 atom stereocenters. The molecule has 0 radical (unpaired) electrons. The fraction of sp³-hybridized carbons (Fsp3) is 0.208. The minimum atomic E-state index is -1.73. The lowest BCUT2D eigenvalue weighted by atomic mass is 10.2. The third-order valence-corrected chi connectivity index (χ3v) is 9.97. The van der Waals surface area contributed by atoms with Gasteiger partial charge in [-0.1, -0.05) is 54.6 Å². The van der Waals surface area contributed by atoms with Crippen LogP contribution in [-0.4, -0.2) is 26.4 Å². The molecule has 0 bridgehead atoms. The van der Waals surface area contributed by atoms with E-state index < -0.39 is 7.26 Å². The number of hydrogen-bond acceptors (Lipinski definition) is 3. The van der Waals surface area contributed by atoms with Crippen molar-refractivity contribution in [2.45, 2.75) is 19.3 Å². The maximum absolute atomic E-state index is 4.14. The van der Waals surface area contributed by atoms with Crippen molar-refractivity contribution in [1.29, 1.82) is 0 Å². The molecule has 0 fully saturated rings. The van der Waals surface area contributed by atoms with E-state index in [0.29, 0.717) is 0 Å². The van der Waals surface area contributed by atoms with E-state index in [2.05, 4.69) is 107 Å². The summed E-state index contributed by atoms with van der Waals surface area (Å²) in [6, 6.07) is 33.2. The third-order valence-electron chi connectivity index (χ3n) is 5.44. The van der Waals surface area contributed by atoms with Crippen molar-refractivity contribution in [2.24, 2.45) is 7.05 Å². The molecule has 4 rings (SSSR count). The average molecular weight is 401 g/mol. The zero-order chi connectivity index (χ0) is 19.9. The Morgan fingerprint density at radius 2 is 1.17 bits per heavy atom. The van der Waals surface area contributed by atoms with Crippen molar-refractivity contribution in [1.82, 2.24) is 20.2 Å². The second-order valence-electron chi connectivity index (χ2n) is 7.22. The SMILES string of the molecule is Cn1nnnc1CCCC[P+](c1ccccc1)(c1ccccc1)c1ccccc1. The molecule has 3 aromatic carbocycles. The van der Waals surface area contributed by atoms with E-state index in [1.54, 1.807) is 4.68 Å². The fourth-order valence-corrected chi connectivity index (χ4v) is 8.38. The van der Waals surface area contributed by atoms with Gasteiger partial charge in [-0.05, 0) is 59.7 Å². The molecule has 0 N–H and O–H groups in total. The Labute approximate surface area is 172 Å². The Balaban J connectivity index is 1.70. The normalized spacial score (nSPS) is 11.5. The Kier molecular flexibility index (Phi) is 6.12. The molecule has 5 heteroatoms. The van der Waals surface area contributed by atoms with E-state index in [1.807, 2.05) is 7.05 Å². The minimum absolute atomic E-state index is 0.905. The Morgan fingerprint density at radius 1 is 0.690 bits per heavy atom. The monoisotopic (exact) mass is 401 g/mol. The molecular formula is C24H26N4P+.